The van der Waals surface area contributed by atoms with Crippen molar-refractivity contribution in [2.75, 3.05) is 0 Å². The Bertz CT molecular complexity index is 394. The molecular formula is C8H4ClFN2. The Balaban J connectivity index is 2.80. The average molecular weight is 183 g/mol. The van der Waals surface area contributed by atoms with E-state index < -0.39 is 0 Å². The minimum absolute atomic E-state index is 0.271. The van der Waals surface area contributed by atoms with Crippen molar-refractivity contribution in [3.05, 3.63) is 35.2 Å². The number of halogens is 2. The van der Waals surface area contributed by atoms with Gasteiger partial charge >= 0.3 is 0 Å². The highest BCUT2D eigenvalue weighted by Crippen LogP contribution is 2.15. The lowest BCUT2D eigenvalue weighted by atomic mass is 10.2. The third kappa shape index (κ3) is 1.23. The van der Waals surface area contributed by atoms with Gasteiger partial charge in [-0.15, -0.1) is 10.2 Å². The van der Waals surface area contributed by atoms with Gasteiger partial charge in [0.2, 0.25) is 0 Å². The molecule has 1 heterocycles. The minimum Gasteiger partial charge on any atom is -0.207 e. The molecule has 0 unspecified atom stereocenters. The first-order valence-corrected chi connectivity index (χ1v) is 3.72. The van der Waals surface area contributed by atoms with E-state index in [4.69, 9.17) is 11.6 Å². The molecule has 2 rings (SSSR count). The number of benzene rings is 1. The summed E-state index contributed by atoms with van der Waals surface area (Å²) < 4.78 is 12.7. The molecule has 0 atom stereocenters. The molecule has 0 spiro atoms. The Kier molecular flexibility index (Phi) is 1.66. The SMILES string of the molecule is Fc1ccc2nnc(Cl)cc2c1. The second-order valence-electron chi connectivity index (χ2n) is 2.37. The molecule has 0 saturated carbocycles. The highest BCUT2D eigenvalue weighted by atomic mass is 35.5. The molecule has 0 aliphatic heterocycles. The van der Waals surface area contributed by atoms with Crippen LogP contribution < -0.4 is 0 Å². The summed E-state index contributed by atoms with van der Waals surface area (Å²) in [6, 6.07) is 5.85. The molecular weight excluding hydrogens is 179 g/mol. The third-order valence-electron chi connectivity index (χ3n) is 1.52. The summed E-state index contributed by atoms with van der Waals surface area (Å²) in [5.74, 6) is -0.299. The average Bonchev–Trinajstić information content (AvgIpc) is 2.03. The van der Waals surface area contributed by atoms with Gasteiger partial charge in [0.15, 0.2) is 5.15 Å². The number of aromatic nitrogens is 2. The standard InChI is InChI=1S/C8H4ClFN2/c9-8-4-5-3-6(10)1-2-7(5)11-12-8/h1-4H. The number of hydrogen-bond donors (Lipinski definition) is 0. The van der Waals surface area contributed by atoms with Crippen molar-refractivity contribution < 1.29 is 4.39 Å². The molecule has 0 amide bonds. The monoisotopic (exact) mass is 182 g/mol. The molecule has 0 fully saturated rings. The van der Waals surface area contributed by atoms with Crippen molar-refractivity contribution in [2.24, 2.45) is 0 Å². The van der Waals surface area contributed by atoms with Crippen LogP contribution in [-0.2, 0) is 0 Å². The van der Waals surface area contributed by atoms with Gasteiger partial charge in [0, 0.05) is 5.39 Å². The van der Waals surface area contributed by atoms with Gasteiger partial charge in [-0.1, -0.05) is 11.6 Å². The molecule has 4 heteroatoms. The maximum atomic E-state index is 12.7. The van der Waals surface area contributed by atoms with Gasteiger partial charge in [-0.2, -0.15) is 0 Å². The summed E-state index contributed by atoms with van der Waals surface area (Å²) in [4.78, 5) is 0. The van der Waals surface area contributed by atoms with Crippen LogP contribution in [0.3, 0.4) is 0 Å². The fraction of sp³-hybridized carbons (Fsp3) is 0. The Morgan fingerprint density at radius 3 is 2.83 bits per heavy atom. The van der Waals surface area contributed by atoms with E-state index in [1.807, 2.05) is 0 Å². The zero-order chi connectivity index (χ0) is 8.55. The molecule has 2 aromatic rings. The van der Waals surface area contributed by atoms with E-state index in [0.29, 0.717) is 10.9 Å². The van der Waals surface area contributed by atoms with E-state index in [1.165, 1.54) is 12.1 Å². The fourth-order valence-corrected chi connectivity index (χ4v) is 1.15. The first-order chi connectivity index (χ1) is 5.75. The minimum atomic E-state index is -0.299. The lowest BCUT2D eigenvalue weighted by Crippen LogP contribution is -1.84. The van der Waals surface area contributed by atoms with E-state index in [-0.39, 0.29) is 11.0 Å². The molecule has 0 N–H and O–H groups in total. The topological polar surface area (TPSA) is 25.8 Å². The van der Waals surface area contributed by atoms with Gasteiger partial charge in [-0.05, 0) is 24.3 Å². The predicted molar refractivity (Wildman–Crippen MR) is 44.5 cm³/mol. The summed E-state index contributed by atoms with van der Waals surface area (Å²) in [5.41, 5.74) is 0.640. The lowest BCUT2D eigenvalue weighted by Gasteiger charge is -1.95. The molecule has 60 valence electrons. The van der Waals surface area contributed by atoms with Crippen LogP contribution in [0.25, 0.3) is 10.9 Å². The Labute approximate surface area is 73.0 Å². The van der Waals surface area contributed by atoms with Gasteiger partial charge < -0.3 is 0 Å². The molecule has 0 aliphatic carbocycles. The van der Waals surface area contributed by atoms with Crippen LogP contribution in [0.15, 0.2) is 24.3 Å². The van der Waals surface area contributed by atoms with Crippen LogP contribution in [0.5, 0.6) is 0 Å². The van der Waals surface area contributed by atoms with Gasteiger partial charge in [-0.25, -0.2) is 4.39 Å². The number of rotatable bonds is 0. The second-order valence-corrected chi connectivity index (χ2v) is 2.76. The molecule has 2 nitrogen and oxygen atoms in total. The van der Waals surface area contributed by atoms with Gasteiger partial charge in [0.1, 0.15) is 5.82 Å². The largest absolute Gasteiger partial charge is 0.207 e. The van der Waals surface area contributed by atoms with Crippen LogP contribution >= 0.6 is 11.6 Å². The maximum Gasteiger partial charge on any atom is 0.152 e. The number of hydrogen-bond acceptors (Lipinski definition) is 2. The van der Waals surface area contributed by atoms with E-state index in [0.717, 1.165) is 0 Å². The molecule has 0 radical (unpaired) electrons. The lowest BCUT2D eigenvalue weighted by molar-refractivity contribution is 0.629. The zero-order valence-electron chi connectivity index (χ0n) is 5.96. The summed E-state index contributed by atoms with van der Waals surface area (Å²) >= 11 is 5.57. The molecule has 12 heavy (non-hydrogen) atoms. The second kappa shape index (κ2) is 2.68. The summed E-state index contributed by atoms with van der Waals surface area (Å²) in [6.45, 7) is 0. The van der Waals surface area contributed by atoms with Crippen LogP contribution in [0.4, 0.5) is 4.39 Å². The van der Waals surface area contributed by atoms with Crippen molar-refractivity contribution in [1.82, 2.24) is 10.2 Å². The van der Waals surface area contributed by atoms with Crippen molar-refractivity contribution in [2.45, 2.75) is 0 Å². The smallest absolute Gasteiger partial charge is 0.152 e. The molecule has 1 aromatic carbocycles. The summed E-state index contributed by atoms with van der Waals surface area (Å²) in [7, 11) is 0. The van der Waals surface area contributed by atoms with Gasteiger partial charge in [0.25, 0.3) is 0 Å². The fourth-order valence-electron chi connectivity index (χ4n) is 0.991. The van der Waals surface area contributed by atoms with Gasteiger partial charge in [-0.3, -0.25) is 0 Å². The summed E-state index contributed by atoms with van der Waals surface area (Å²) in [5, 5.41) is 8.34. The van der Waals surface area contributed by atoms with Crippen molar-refractivity contribution >= 4 is 22.5 Å². The quantitative estimate of drug-likeness (QED) is 0.625. The molecule has 0 aliphatic rings. The maximum absolute atomic E-state index is 12.7. The van der Waals surface area contributed by atoms with Crippen molar-refractivity contribution in [3.8, 4) is 0 Å². The van der Waals surface area contributed by atoms with E-state index >= 15 is 0 Å². The van der Waals surface area contributed by atoms with Crippen LogP contribution in [0, 0.1) is 5.82 Å². The first-order valence-electron chi connectivity index (χ1n) is 3.34. The molecule has 0 bridgehead atoms. The van der Waals surface area contributed by atoms with Crippen LogP contribution in [0.1, 0.15) is 0 Å². The highest BCUT2D eigenvalue weighted by Gasteiger charge is 1.98. The molecule has 0 saturated heterocycles. The first kappa shape index (κ1) is 7.43. The predicted octanol–water partition coefficient (Wildman–Crippen LogP) is 2.42. The summed E-state index contributed by atoms with van der Waals surface area (Å²) in [6.07, 6.45) is 0. The Hall–Kier alpha value is -1.22. The number of nitrogens with zero attached hydrogens (tertiary/aromatic N) is 2. The Morgan fingerprint density at radius 1 is 1.17 bits per heavy atom. The van der Waals surface area contributed by atoms with E-state index in [1.54, 1.807) is 12.1 Å². The highest BCUT2D eigenvalue weighted by molar-refractivity contribution is 6.29. The normalized spacial score (nSPS) is 10.5. The van der Waals surface area contributed by atoms with Crippen LogP contribution in [0.2, 0.25) is 5.15 Å². The van der Waals surface area contributed by atoms with E-state index in [2.05, 4.69) is 10.2 Å². The van der Waals surface area contributed by atoms with Gasteiger partial charge in [0.05, 0.1) is 5.52 Å². The Morgan fingerprint density at radius 2 is 2.00 bits per heavy atom. The zero-order valence-corrected chi connectivity index (χ0v) is 6.72. The molecule has 1 aromatic heterocycles. The van der Waals surface area contributed by atoms with Crippen molar-refractivity contribution in [1.29, 1.82) is 0 Å². The van der Waals surface area contributed by atoms with Crippen molar-refractivity contribution in [3.63, 3.8) is 0 Å². The van der Waals surface area contributed by atoms with E-state index in [9.17, 15) is 4.39 Å². The third-order valence-corrected chi connectivity index (χ3v) is 1.70. The number of fused-ring (bicyclic) bond motifs is 1. The van der Waals surface area contributed by atoms with Crippen LogP contribution in [-0.4, -0.2) is 10.2 Å².